The third kappa shape index (κ3) is 3.30. The van der Waals surface area contributed by atoms with Crippen molar-refractivity contribution in [2.75, 3.05) is 8.86 Å². The first kappa shape index (κ1) is 18.7. The van der Waals surface area contributed by atoms with Crippen LogP contribution in [0.15, 0.2) is 0 Å². The van der Waals surface area contributed by atoms with E-state index in [4.69, 9.17) is 18.9 Å². The first-order valence-corrected chi connectivity index (χ1v) is 12.6. The Morgan fingerprint density at radius 1 is 0.625 bits per heavy atom. The van der Waals surface area contributed by atoms with Crippen LogP contribution in [0.2, 0.25) is 0 Å². The lowest BCUT2D eigenvalue weighted by molar-refractivity contribution is -0.494. The van der Waals surface area contributed by atoms with Gasteiger partial charge >= 0.3 is 0 Å². The maximum Gasteiger partial charge on any atom is 0.224 e. The lowest BCUT2D eigenvalue weighted by Gasteiger charge is -2.60. The third-order valence-electron chi connectivity index (χ3n) is 6.03. The van der Waals surface area contributed by atoms with E-state index in [1.807, 2.05) is 0 Å². The van der Waals surface area contributed by atoms with Crippen molar-refractivity contribution in [1.29, 1.82) is 0 Å². The van der Waals surface area contributed by atoms with E-state index in [1.54, 1.807) is 0 Å². The Bertz CT molecular complexity index is 411. The van der Waals surface area contributed by atoms with E-state index in [1.165, 1.54) is 12.8 Å². The van der Waals surface area contributed by atoms with Gasteiger partial charge in [-0.15, -0.1) is 0 Å². The molecule has 2 spiro atoms. The number of hydrogen-bond donors (Lipinski definition) is 0. The van der Waals surface area contributed by atoms with Crippen LogP contribution < -0.4 is 0 Å². The zero-order valence-electron chi connectivity index (χ0n) is 14.2. The molecule has 0 aromatic rings. The average Bonchev–Trinajstić information content (AvgIpc) is 2.63. The van der Waals surface area contributed by atoms with Crippen LogP contribution in [0.5, 0.6) is 0 Å². The molecule has 4 aliphatic rings. The minimum absolute atomic E-state index is 0.181. The molecule has 6 heteroatoms. The van der Waals surface area contributed by atoms with E-state index in [9.17, 15) is 0 Å². The maximum atomic E-state index is 6.76. The van der Waals surface area contributed by atoms with Crippen molar-refractivity contribution >= 4 is 45.2 Å². The molecule has 4 fully saturated rings. The molecule has 138 valence electrons. The lowest BCUT2D eigenvalue weighted by atomic mass is 9.84. The van der Waals surface area contributed by atoms with Gasteiger partial charge in [0, 0.05) is 21.7 Å². The van der Waals surface area contributed by atoms with Crippen molar-refractivity contribution in [1.82, 2.24) is 0 Å². The molecule has 3 saturated heterocycles. The van der Waals surface area contributed by atoms with Crippen LogP contribution in [0.25, 0.3) is 0 Å². The molecule has 0 amide bonds. The van der Waals surface area contributed by atoms with Crippen molar-refractivity contribution < 1.29 is 18.9 Å². The van der Waals surface area contributed by atoms with Gasteiger partial charge in [-0.1, -0.05) is 58.0 Å². The molecule has 1 aliphatic carbocycles. The molecule has 6 atom stereocenters. The second kappa shape index (κ2) is 7.73. The third-order valence-corrected chi connectivity index (χ3v) is 7.99. The summed E-state index contributed by atoms with van der Waals surface area (Å²) < 4.78 is 28.8. The molecule has 4 nitrogen and oxygen atoms in total. The molecule has 0 N–H and O–H groups in total. The summed E-state index contributed by atoms with van der Waals surface area (Å²) in [5, 5.41) is 0. The monoisotopic (exact) mass is 562 g/mol. The maximum absolute atomic E-state index is 6.76. The number of fused-ring (bicyclic) bond motifs is 2. The Hall–Kier alpha value is 1.30. The summed E-state index contributed by atoms with van der Waals surface area (Å²) in [4.78, 5) is 0. The van der Waals surface area contributed by atoms with Crippen LogP contribution >= 0.6 is 45.2 Å². The second-order valence-electron chi connectivity index (χ2n) is 7.68. The molecular formula is C18H28I2O4. The van der Waals surface area contributed by atoms with Crippen LogP contribution in [0.1, 0.15) is 64.2 Å². The smallest absolute Gasteiger partial charge is 0.224 e. The van der Waals surface area contributed by atoms with Crippen LogP contribution in [-0.4, -0.2) is 44.8 Å². The highest BCUT2D eigenvalue weighted by molar-refractivity contribution is 14.1. The Labute approximate surface area is 172 Å². The second-order valence-corrected chi connectivity index (χ2v) is 9.44. The molecule has 0 unspecified atom stereocenters. The van der Waals surface area contributed by atoms with Gasteiger partial charge < -0.3 is 18.9 Å². The Kier molecular flexibility index (Phi) is 6.01. The Morgan fingerprint density at radius 3 is 1.50 bits per heavy atom. The first-order valence-electron chi connectivity index (χ1n) is 9.53. The highest BCUT2D eigenvalue weighted by atomic mass is 127. The van der Waals surface area contributed by atoms with Crippen molar-refractivity contribution in [3.8, 4) is 0 Å². The highest BCUT2D eigenvalue weighted by Gasteiger charge is 2.65. The van der Waals surface area contributed by atoms with Gasteiger partial charge in [-0.2, -0.15) is 0 Å². The molecule has 24 heavy (non-hydrogen) atoms. The molecule has 3 heterocycles. The quantitative estimate of drug-likeness (QED) is 0.360. The summed E-state index contributed by atoms with van der Waals surface area (Å²) in [6.07, 6.45) is 11.8. The molecule has 0 aromatic carbocycles. The number of ether oxygens (including phenoxy) is 4. The number of hydrogen-bond acceptors (Lipinski definition) is 4. The van der Waals surface area contributed by atoms with E-state index in [-0.39, 0.29) is 24.4 Å². The topological polar surface area (TPSA) is 36.9 Å². The fourth-order valence-corrected chi connectivity index (χ4v) is 6.09. The van der Waals surface area contributed by atoms with E-state index in [2.05, 4.69) is 45.2 Å². The molecule has 0 radical (unpaired) electrons. The number of halogens is 2. The Morgan fingerprint density at radius 2 is 1.08 bits per heavy atom. The molecule has 1 saturated carbocycles. The summed E-state index contributed by atoms with van der Waals surface area (Å²) in [5.41, 5.74) is 0. The van der Waals surface area contributed by atoms with Gasteiger partial charge in [0.15, 0.2) is 0 Å². The van der Waals surface area contributed by atoms with Gasteiger partial charge in [0.05, 0.1) is 24.4 Å². The van der Waals surface area contributed by atoms with Gasteiger partial charge in [-0.05, 0) is 38.5 Å². The van der Waals surface area contributed by atoms with Gasteiger partial charge in [0.1, 0.15) is 0 Å². The standard InChI is InChI=1S/C18H28I2O4/c19-11-13-5-3-9-17(21-13)18(10-4-6-14(12-20)22-18)24-16-8-2-1-7-15(16)23-17/h13-16H,1-12H2/t13-,14-,15+,16+,17-,18-/m1/s1. The SMILES string of the molecule is IC[C@H]1CCC[C@@]2(O1)O[C@H]1CCCC[C@@H]1O[C@]21CCC[C@H](CI)O1. The van der Waals surface area contributed by atoms with Gasteiger partial charge in [0.2, 0.25) is 11.6 Å². The largest absolute Gasteiger partial charge is 0.341 e. The number of rotatable bonds is 2. The van der Waals surface area contributed by atoms with Crippen LogP contribution in [0, 0.1) is 0 Å². The first-order chi connectivity index (χ1) is 11.7. The van der Waals surface area contributed by atoms with Crippen molar-refractivity contribution in [3.05, 3.63) is 0 Å². The highest BCUT2D eigenvalue weighted by Crippen LogP contribution is 2.53. The molecular weight excluding hydrogens is 534 g/mol. The predicted octanol–water partition coefficient (Wildman–Crippen LogP) is 4.75. The lowest BCUT2D eigenvalue weighted by Crippen LogP contribution is -2.71. The fourth-order valence-electron chi connectivity index (χ4n) is 4.85. The molecule has 3 aliphatic heterocycles. The van der Waals surface area contributed by atoms with Crippen molar-refractivity contribution in [3.63, 3.8) is 0 Å². The summed E-state index contributed by atoms with van der Waals surface area (Å²) in [7, 11) is 0. The van der Waals surface area contributed by atoms with Gasteiger partial charge in [0.25, 0.3) is 0 Å². The molecule has 0 aromatic heterocycles. The normalized spacial score (nSPS) is 49.2. The number of alkyl halides is 2. The average molecular weight is 562 g/mol. The molecule has 0 bridgehead atoms. The minimum Gasteiger partial charge on any atom is -0.341 e. The Balaban J connectivity index is 1.66. The summed E-state index contributed by atoms with van der Waals surface area (Å²) >= 11 is 4.86. The summed E-state index contributed by atoms with van der Waals surface area (Å²) in [6.45, 7) is 0. The molecule has 4 rings (SSSR count). The van der Waals surface area contributed by atoms with E-state index in [0.29, 0.717) is 0 Å². The van der Waals surface area contributed by atoms with Gasteiger partial charge in [-0.3, -0.25) is 0 Å². The zero-order chi connectivity index (χ0) is 16.6. The fraction of sp³-hybridized carbons (Fsp3) is 1.00. The predicted molar refractivity (Wildman–Crippen MR) is 109 cm³/mol. The van der Waals surface area contributed by atoms with Crippen LogP contribution in [0.4, 0.5) is 0 Å². The van der Waals surface area contributed by atoms with E-state index in [0.717, 1.165) is 60.2 Å². The van der Waals surface area contributed by atoms with Gasteiger partial charge in [-0.25, -0.2) is 0 Å². The zero-order valence-corrected chi connectivity index (χ0v) is 18.5. The van der Waals surface area contributed by atoms with Crippen molar-refractivity contribution in [2.45, 2.75) is 100 Å². The van der Waals surface area contributed by atoms with E-state index < -0.39 is 11.6 Å². The van der Waals surface area contributed by atoms with Crippen LogP contribution in [-0.2, 0) is 18.9 Å². The summed E-state index contributed by atoms with van der Waals surface area (Å²) in [6, 6.07) is 0. The summed E-state index contributed by atoms with van der Waals surface area (Å²) in [5.74, 6) is -1.38. The van der Waals surface area contributed by atoms with E-state index >= 15 is 0 Å². The van der Waals surface area contributed by atoms with Crippen LogP contribution in [0.3, 0.4) is 0 Å². The minimum atomic E-state index is -0.690. The van der Waals surface area contributed by atoms with Crippen molar-refractivity contribution in [2.24, 2.45) is 0 Å².